The lowest BCUT2D eigenvalue weighted by molar-refractivity contribution is -0.136. The second kappa shape index (κ2) is 3.81. The van der Waals surface area contributed by atoms with Crippen LogP contribution >= 0.6 is 0 Å². The van der Waals surface area contributed by atoms with E-state index in [0.29, 0.717) is 0 Å². The Morgan fingerprint density at radius 2 is 2.29 bits per heavy atom. The molecule has 0 bridgehead atoms. The van der Waals surface area contributed by atoms with E-state index in [2.05, 4.69) is 4.74 Å². The summed E-state index contributed by atoms with van der Waals surface area (Å²) in [6.07, 6.45) is 2.75. The molecule has 5 nitrogen and oxygen atoms in total. The minimum Gasteiger partial charge on any atom is -0.507 e. The van der Waals surface area contributed by atoms with Gasteiger partial charge in [-0.1, -0.05) is 0 Å². The number of aliphatic hydroxyl groups excluding tert-OH is 1. The first kappa shape index (κ1) is 10.1. The van der Waals surface area contributed by atoms with Gasteiger partial charge >= 0.3 is 5.97 Å². The van der Waals surface area contributed by atoms with E-state index >= 15 is 0 Å². The molecule has 0 aromatic rings. The number of aliphatic hydroxyl groups is 1. The largest absolute Gasteiger partial charge is 0.507 e. The zero-order chi connectivity index (χ0) is 10.7. The molecule has 1 N–H and O–H groups in total. The van der Waals surface area contributed by atoms with Gasteiger partial charge in [0.05, 0.1) is 7.11 Å². The van der Waals surface area contributed by atoms with E-state index in [-0.39, 0.29) is 17.0 Å². The third-order valence-corrected chi connectivity index (χ3v) is 1.79. The number of carbonyl (C=O) groups is 1. The SMILES string of the molecule is COC(=O)C1=C(O)C=CN(C)C1=C=O. The maximum absolute atomic E-state index is 11.2. The van der Waals surface area contributed by atoms with Gasteiger partial charge in [-0.05, 0) is 6.08 Å². The highest BCUT2D eigenvalue weighted by Crippen LogP contribution is 2.21. The molecule has 0 aromatic carbocycles. The summed E-state index contributed by atoms with van der Waals surface area (Å²) in [6, 6.07) is 0. The summed E-state index contributed by atoms with van der Waals surface area (Å²) in [5.74, 6) is 0.508. The first-order chi connectivity index (χ1) is 6.61. The van der Waals surface area contributed by atoms with Crippen molar-refractivity contribution < 1.29 is 19.4 Å². The van der Waals surface area contributed by atoms with Crippen LogP contribution < -0.4 is 0 Å². The van der Waals surface area contributed by atoms with E-state index in [1.165, 1.54) is 24.3 Å². The number of carbonyl (C=O) groups excluding carboxylic acids is 2. The van der Waals surface area contributed by atoms with Gasteiger partial charge in [-0.3, -0.25) is 0 Å². The Hall–Kier alpha value is -2.00. The molecule has 0 fully saturated rings. The van der Waals surface area contributed by atoms with Crippen LogP contribution in [0.4, 0.5) is 0 Å². The van der Waals surface area contributed by atoms with Crippen LogP contribution in [0.15, 0.2) is 29.3 Å². The van der Waals surface area contributed by atoms with Gasteiger partial charge < -0.3 is 14.7 Å². The second-order valence-corrected chi connectivity index (χ2v) is 2.63. The molecule has 0 aliphatic carbocycles. The maximum atomic E-state index is 11.2. The molecule has 0 unspecified atom stereocenters. The number of likely N-dealkylation sites (N-methyl/N-ethyl adjacent to an activating group) is 1. The van der Waals surface area contributed by atoms with Gasteiger partial charge in [-0.2, -0.15) is 0 Å². The molecule has 1 aliphatic rings. The van der Waals surface area contributed by atoms with E-state index in [1.54, 1.807) is 13.0 Å². The normalized spacial score (nSPS) is 15.6. The second-order valence-electron chi connectivity index (χ2n) is 2.63. The van der Waals surface area contributed by atoms with Gasteiger partial charge in [-0.25, -0.2) is 9.59 Å². The highest BCUT2D eigenvalue weighted by Gasteiger charge is 2.25. The number of nitrogens with zero attached hydrogens (tertiary/aromatic N) is 1. The third-order valence-electron chi connectivity index (χ3n) is 1.79. The Bertz CT molecular complexity index is 374. The molecule has 14 heavy (non-hydrogen) atoms. The summed E-state index contributed by atoms with van der Waals surface area (Å²) in [6.45, 7) is 0. The summed E-state index contributed by atoms with van der Waals surface area (Å²) < 4.78 is 4.42. The highest BCUT2D eigenvalue weighted by molar-refractivity contribution is 5.97. The number of allylic oxidation sites excluding steroid dienone is 1. The number of ether oxygens (including phenoxy) is 1. The number of methoxy groups -OCH3 is 1. The summed E-state index contributed by atoms with van der Waals surface area (Å²) in [5, 5.41) is 9.36. The molecule has 0 amide bonds. The van der Waals surface area contributed by atoms with Crippen LogP contribution in [0.1, 0.15) is 0 Å². The Balaban J connectivity index is 3.26. The minimum atomic E-state index is -0.767. The minimum absolute atomic E-state index is 0.0446. The van der Waals surface area contributed by atoms with Gasteiger partial charge in [0.1, 0.15) is 17.0 Å². The van der Waals surface area contributed by atoms with Crippen LogP contribution in [0.2, 0.25) is 0 Å². The average molecular weight is 195 g/mol. The predicted molar refractivity (Wildman–Crippen MR) is 47.8 cm³/mol. The molecule has 0 saturated carbocycles. The van der Waals surface area contributed by atoms with Crippen molar-refractivity contribution in [2.45, 2.75) is 0 Å². The lowest BCUT2D eigenvalue weighted by Gasteiger charge is -2.20. The van der Waals surface area contributed by atoms with Gasteiger partial charge in [0.25, 0.3) is 0 Å². The van der Waals surface area contributed by atoms with Crippen molar-refractivity contribution in [3.05, 3.63) is 29.3 Å². The van der Waals surface area contributed by atoms with Crippen molar-refractivity contribution in [1.29, 1.82) is 0 Å². The van der Waals surface area contributed by atoms with Crippen LogP contribution in [0.25, 0.3) is 0 Å². The smallest absolute Gasteiger partial charge is 0.344 e. The lowest BCUT2D eigenvalue weighted by atomic mass is 10.1. The van der Waals surface area contributed by atoms with E-state index < -0.39 is 5.97 Å². The van der Waals surface area contributed by atoms with Crippen LogP contribution in [-0.2, 0) is 14.3 Å². The zero-order valence-corrected chi connectivity index (χ0v) is 7.77. The van der Waals surface area contributed by atoms with Crippen LogP contribution in [-0.4, -0.2) is 36.1 Å². The maximum Gasteiger partial charge on any atom is 0.344 e. The van der Waals surface area contributed by atoms with Gasteiger partial charge in [0.2, 0.25) is 0 Å². The molecule has 0 saturated heterocycles. The predicted octanol–water partition coefficient (Wildman–Crippen LogP) is 0.146. The van der Waals surface area contributed by atoms with Crippen molar-refractivity contribution in [1.82, 2.24) is 4.90 Å². The molecule has 0 radical (unpaired) electrons. The molecule has 0 spiro atoms. The Kier molecular flexibility index (Phi) is 2.74. The molecule has 1 aliphatic heterocycles. The van der Waals surface area contributed by atoms with Gasteiger partial charge in [0, 0.05) is 13.2 Å². The Labute approximate surface area is 80.6 Å². The summed E-state index contributed by atoms with van der Waals surface area (Å²) >= 11 is 0. The van der Waals surface area contributed by atoms with E-state index in [0.717, 1.165) is 0 Å². The van der Waals surface area contributed by atoms with Crippen molar-refractivity contribution in [3.8, 4) is 0 Å². The summed E-state index contributed by atoms with van der Waals surface area (Å²) in [5.41, 5.74) is -0.218. The molecule has 74 valence electrons. The topological polar surface area (TPSA) is 66.8 Å². The fourth-order valence-electron chi connectivity index (χ4n) is 1.06. The number of hydrogen-bond donors (Lipinski definition) is 1. The highest BCUT2D eigenvalue weighted by atomic mass is 16.5. The summed E-state index contributed by atoms with van der Waals surface area (Å²) in [4.78, 5) is 23.1. The zero-order valence-electron chi connectivity index (χ0n) is 7.77. The van der Waals surface area contributed by atoms with E-state index in [9.17, 15) is 14.7 Å². The quantitative estimate of drug-likeness (QED) is 0.476. The monoisotopic (exact) mass is 195 g/mol. The molecular weight excluding hydrogens is 186 g/mol. The van der Waals surface area contributed by atoms with Crippen molar-refractivity contribution in [2.75, 3.05) is 14.2 Å². The van der Waals surface area contributed by atoms with Gasteiger partial charge in [0.15, 0.2) is 5.94 Å². The molecule has 1 heterocycles. The van der Waals surface area contributed by atoms with E-state index in [4.69, 9.17) is 0 Å². The van der Waals surface area contributed by atoms with Crippen LogP contribution in [0.3, 0.4) is 0 Å². The fourth-order valence-corrected chi connectivity index (χ4v) is 1.06. The van der Waals surface area contributed by atoms with Crippen LogP contribution in [0, 0.1) is 0 Å². The van der Waals surface area contributed by atoms with Gasteiger partial charge in [-0.15, -0.1) is 0 Å². The standard InChI is InChI=1S/C9H9NO4/c1-10-4-3-7(12)8(6(10)5-11)9(13)14-2/h3-4,12H,1-2H3. The molecule has 5 heteroatoms. The number of hydrogen-bond acceptors (Lipinski definition) is 5. The molecule has 1 rings (SSSR count). The Morgan fingerprint density at radius 3 is 2.79 bits per heavy atom. The molecule has 0 aromatic heterocycles. The van der Waals surface area contributed by atoms with E-state index in [1.807, 2.05) is 0 Å². The average Bonchev–Trinajstić information content (AvgIpc) is 2.19. The van der Waals surface area contributed by atoms with Crippen molar-refractivity contribution in [3.63, 3.8) is 0 Å². The molecule has 0 atom stereocenters. The summed E-state index contributed by atoms with van der Waals surface area (Å²) in [7, 11) is 2.73. The van der Waals surface area contributed by atoms with Crippen LogP contribution in [0.5, 0.6) is 0 Å². The molecular formula is C9H9NO4. The lowest BCUT2D eigenvalue weighted by Crippen LogP contribution is -2.23. The number of esters is 1. The first-order valence-corrected chi connectivity index (χ1v) is 3.80. The fraction of sp³-hybridized carbons (Fsp3) is 0.222. The number of rotatable bonds is 1. The third kappa shape index (κ3) is 1.53. The van der Waals surface area contributed by atoms with Crippen molar-refractivity contribution >= 4 is 11.9 Å². The first-order valence-electron chi connectivity index (χ1n) is 3.80. The van der Waals surface area contributed by atoms with Crippen molar-refractivity contribution in [2.24, 2.45) is 0 Å². The Morgan fingerprint density at radius 1 is 1.64 bits per heavy atom.